The molecule has 2 unspecified atom stereocenters. The number of likely N-dealkylation sites (N-methyl/N-ethyl adjacent to an activating group) is 2. The number of amides is 3. The van der Waals surface area contributed by atoms with Gasteiger partial charge < -0.3 is 29.7 Å². The highest BCUT2D eigenvalue weighted by Crippen LogP contribution is 2.30. The Balaban J connectivity index is 1.72. The maximum Gasteiger partial charge on any atom is 0.245 e. The van der Waals surface area contributed by atoms with E-state index in [2.05, 4.69) is 35.5 Å². The van der Waals surface area contributed by atoms with E-state index in [0.717, 1.165) is 42.1 Å². The highest BCUT2D eigenvalue weighted by Gasteiger charge is 2.43. The second kappa shape index (κ2) is 21.2. The minimum Gasteiger partial charge on any atom is -0.379 e. The van der Waals surface area contributed by atoms with E-state index in [-0.39, 0.29) is 59.9 Å². The van der Waals surface area contributed by atoms with Crippen LogP contribution in [0.15, 0.2) is 36.5 Å². The second-order valence-electron chi connectivity index (χ2n) is 16.2. The molecule has 12 nitrogen and oxygen atoms in total. The summed E-state index contributed by atoms with van der Waals surface area (Å²) in [5.74, 6) is -0.840. The highest BCUT2D eigenvalue weighted by atomic mass is 16.5. The van der Waals surface area contributed by atoms with Crippen molar-refractivity contribution in [2.24, 2.45) is 23.7 Å². The van der Waals surface area contributed by atoms with Gasteiger partial charge in [0.25, 0.3) is 0 Å². The summed E-state index contributed by atoms with van der Waals surface area (Å²) in [6.45, 7) is 15.1. The number of nitrogens with zero attached hydrogens (tertiary/aromatic N) is 4. The Labute approximate surface area is 324 Å². The third-order valence-electron chi connectivity index (χ3n) is 11.5. The van der Waals surface area contributed by atoms with Crippen LogP contribution >= 0.6 is 0 Å². The van der Waals surface area contributed by atoms with E-state index in [4.69, 9.17) is 9.47 Å². The van der Waals surface area contributed by atoms with E-state index in [1.807, 2.05) is 89.0 Å². The van der Waals surface area contributed by atoms with Crippen LogP contribution in [0.1, 0.15) is 79.7 Å². The number of aliphatic hydroxyl groups excluding tert-OH is 1. The van der Waals surface area contributed by atoms with Gasteiger partial charge in [0.15, 0.2) is 0 Å². The van der Waals surface area contributed by atoms with Crippen molar-refractivity contribution >= 4 is 28.6 Å². The number of benzene rings is 1. The van der Waals surface area contributed by atoms with Crippen LogP contribution in [-0.2, 0) is 30.3 Å². The van der Waals surface area contributed by atoms with Crippen molar-refractivity contribution in [2.75, 3.05) is 48.5 Å². The van der Waals surface area contributed by atoms with Crippen molar-refractivity contribution in [3.8, 4) is 0 Å². The van der Waals surface area contributed by atoms with Crippen LogP contribution in [0.2, 0.25) is 0 Å². The monoisotopic (exact) mass is 755 g/mol. The predicted octanol–water partition coefficient (Wildman–Crippen LogP) is 4.33. The number of likely N-dealkylation sites (tertiary alicyclic amines) is 1. The maximum absolute atomic E-state index is 14.2. The topological polar surface area (TPSA) is 137 Å². The van der Waals surface area contributed by atoms with E-state index >= 15 is 0 Å². The Hall–Kier alpha value is -3.16. The lowest BCUT2D eigenvalue weighted by Crippen LogP contribution is -2.59. The van der Waals surface area contributed by atoms with Gasteiger partial charge in [-0.3, -0.25) is 29.6 Å². The summed E-state index contributed by atoms with van der Waals surface area (Å²) in [4.78, 5) is 51.8. The average molecular weight is 755 g/mol. The molecule has 54 heavy (non-hydrogen) atoms. The molecule has 1 saturated heterocycles. The fraction of sp³-hybridized carbons (Fsp3) is 0.714. The van der Waals surface area contributed by atoms with Gasteiger partial charge in [-0.05, 0) is 68.8 Å². The van der Waals surface area contributed by atoms with Crippen LogP contribution < -0.4 is 10.6 Å². The largest absolute Gasteiger partial charge is 0.379 e. The zero-order chi connectivity index (χ0) is 40.3. The van der Waals surface area contributed by atoms with Crippen molar-refractivity contribution in [2.45, 2.75) is 123 Å². The number of carbonyl (C=O) groups excluding carboxylic acids is 3. The summed E-state index contributed by atoms with van der Waals surface area (Å²) in [7, 11) is 8.73. The van der Waals surface area contributed by atoms with Crippen molar-refractivity contribution in [1.82, 2.24) is 30.3 Å². The standard InChI is InChI=1S/C42H70N6O6/c1-13-28(6)38(47(10)42(52)36(26(2)3)45-41(51)37(27(4)5)46(8)9)34(53-11)25-35(49)48-24-16-19-33(48)39(54-12)29(7)40(50)44-23-21-30-20-22-43-32-18-15-14-17-31(30)32/h14-15,17-18,20,22,26-29,33-34,36-40,44,50H,13,16,19,21,23-25H2,1-12H3,(H,45,51)/t28-,29+,33-,34+,36-,37-,38?,39+,40?/m0/s1. The molecule has 3 amide bonds. The molecule has 0 radical (unpaired) electrons. The van der Waals surface area contributed by atoms with Crippen LogP contribution in [0.4, 0.5) is 0 Å². The second-order valence-corrected chi connectivity index (χ2v) is 16.2. The Morgan fingerprint density at radius 2 is 1.69 bits per heavy atom. The summed E-state index contributed by atoms with van der Waals surface area (Å²) < 4.78 is 12.1. The molecule has 1 aliphatic rings. The molecule has 0 bridgehead atoms. The van der Waals surface area contributed by atoms with Crippen LogP contribution in [0.3, 0.4) is 0 Å². The number of hydrogen-bond acceptors (Lipinski definition) is 9. The molecule has 2 aromatic rings. The van der Waals surface area contributed by atoms with Gasteiger partial charge in [-0.2, -0.15) is 0 Å². The van der Waals surface area contributed by atoms with Crippen LogP contribution in [-0.4, -0.2) is 134 Å². The molecule has 0 spiro atoms. The fourth-order valence-electron chi connectivity index (χ4n) is 8.38. The van der Waals surface area contributed by atoms with Crippen LogP contribution in [0.5, 0.6) is 0 Å². The Morgan fingerprint density at radius 3 is 2.28 bits per heavy atom. The first kappa shape index (κ1) is 45.2. The van der Waals surface area contributed by atoms with Crippen molar-refractivity contribution in [1.29, 1.82) is 0 Å². The lowest BCUT2D eigenvalue weighted by Gasteiger charge is -2.41. The normalized spacial score (nSPS) is 19.4. The number of rotatable bonds is 21. The molecule has 1 fully saturated rings. The predicted molar refractivity (Wildman–Crippen MR) is 215 cm³/mol. The van der Waals surface area contributed by atoms with Gasteiger partial charge in [-0.25, -0.2) is 0 Å². The lowest BCUT2D eigenvalue weighted by molar-refractivity contribution is -0.147. The number of ether oxygens (including phenoxy) is 2. The van der Waals surface area contributed by atoms with Gasteiger partial charge in [-0.15, -0.1) is 0 Å². The van der Waals surface area contributed by atoms with E-state index < -0.39 is 30.5 Å². The molecule has 1 aliphatic heterocycles. The number of pyridine rings is 1. The molecule has 1 aromatic carbocycles. The molecule has 0 aliphatic carbocycles. The van der Waals surface area contributed by atoms with Crippen molar-refractivity contribution in [3.05, 3.63) is 42.1 Å². The molecule has 1 aromatic heterocycles. The fourth-order valence-corrected chi connectivity index (χ4v) is 8.38. The SMILES string of the molecule is CC[C@H](C)C([C@@H](CC(=O)N1CCC[C@H]1[C@H](OC)[C@@H](C)C(O)NCCc1ccnc2ccccc12)OC)N(C)C(=O)[C@@H](NC(=O)[C@H](C(C)C)N(C)C)C(C)C. The summed E-state index contributed by atoms with van der Waals surface area (Å²) in [5.41, 5.74) is 2.11. The van der Waals surface area contributed by atoms with Crippen molar-refractivity contribution < 1.29 is 29.0 Å². The Bertz CT molecular complexity index is 1470. The number of aromatic nitrogens is 1. The maximum atomic E-state index is 14.2. The van der Waals surface area contributed by atoms with Gasteiger partial charge in [-0.1, -0.05) is 73.1 Å². The molecule has 2 heterocycles. The van der Waals surface area contributed by atoms with Crippen molar-refractivity contribution in [3.63, 3.8) is 0 Å². The van der Waals surface area contributed by atoms with Crippen LogP contribution in [0.25, 0.3) is 10.9 Å². The molecule has 9 atom stereocenters. The number of fused-ring (bicyclic) bond motifs is 1. The number of para-hydroxylation sites is 1. The molecule has 3 N–H and O–H groups in total. The summed E-state index contributed by atoms with van der Waals surface area (Å²) >= 11 is 0. The summed E-state index contributed by atoms with van der Waals surface area (Å²) in [6, 6.07) is 8.31. The van der Waals surface area contributed by atoms with E-state index in [1.165, 1.54) is 0 Å². The first-order chi connectivity index (χ1) is 25.6. The first-order valence-electron chi connectivity index (χ1n) is 19.9. The van der Waals surface area contributed by atoms with Crippen LogP contribution in [0, 0.1) is 23.7 Å². The summed E-state index contributed by atoms with van der Waals surface area (Å²) in [6.07, 6.45) is 3.16. The minimum atomic E-state index is -0.843. The third kappa shape index (κ3) is 11.2. The van der Waals surface area contributed by atoms with Gasteiger partial charge >= 0.3 is 0 Å². The first-order valence-corrected chi connectivity index (χ1v) is 19.9. The zero-order valence-electron chi connectivity index (χ0n) is 35.0. The van der Waals surface area contributed by atoms with E-state index in [1.54, 1.807) is 26.2 Å². The molecular weight excluding hydrogens is 684 g/mol. The smallest absolute Gasteiger partial charge is 0.245 e. The molecule has 304 valence electrons. The average Bonchev–Trinajstić information content (AvgIpc) is 3.62. The quantitative estimate of drug-likeness (QED) is 0.159. The number of carbonyl (C=O) groups is 3. The van der Waals surface area contributed by atoms with E-state index in [9.17, 15) is 19.5 Å². The molecular formula is C42H70N6O6. The third-order valence-corrected chi connectivity index (χ3v) is 11.5. The van der Waals surface area contributed by atoms with E-state index in [0.29, 0.717) is 13.1 Å². The molecule has 0 saturated carbocycles. The van der Waals surface area contributed by atoms with Gasteiger partial charge in [0, 0.05) is 51.9 Å². The zero-order valence-corrected chi connectivity index (χ0v) is 35.0. The summed E-state index contributed by atoms with van der Waals surface area (Å²) in [5, 5.41) is 18.7. The van der Waals surface area contributed by atoms with Gasteiger partial charge in [0.2, 0.25) is 17.7 Å². The highest BCUT2D eigenvalue weighted by molar-refractivity contribution is 5.90. The lowest BCUT2D eigenvalue weighted by atomic mass is 9.89. The number of aliphatic hydroxyl groups is 1. The number of methoxy groups -OCH3 is 2. The minimum absolute atomic E-state index is 0.0119. The Morgan fingerprint density at radius 1 is 1.00 bits per heavy atom. The number of nitrogens with one attached hydrogen (secondary N) is 2. The molecule has 3 rings (SSSR count). The number of hydrogen-bond donors (Lipinski definition) is 3. The Kier molecular flexibility index (Phi) is 17.8. The molecule has 12 heteroatoms. The van der Waals surface area contributed by atoms with Gasteiger partial charge in [0.1, 0.15) is 12.3 Å². The van der Waals surface area contributed by atoms with Gasteiger partial charge in [0.05, 0.1) is 42.3 Å².